The second-order valence-electron chi connectivity index (χ2n) is 9.53. The van der Waals surface area contributed by atoms with Gasteiger partial charge in [-0.05, 0) is 63.1 Å². The number of benzene rings is 1. The maximum Gasteiger partial charge on any atom is 0.354 e. The highest BCUT2D eigenvalue weighted by Gasteiger charge is 2.17. The topological polar surface area (TPSA) is 231 Å². The van der Waals surface area contributed by atoms with Crippen molar-refractivity contribution in [2.75, 3.05) is 44.5 Å². The first kappa shape index (κ1) is 33.3. The molecule has 0 bridgehead atoms. The third kappa shape index (κ3) is 9.14. The first-order valence-electron chi connectivity index (χ1n) is 13.4. The summed E-state index contributed by atoms with van der Waals surface area (Å²) in [4.78, 5) is 42.3. The Morgan fingerprint density at radius 3 is 2.11 bits per heavy atom. The molecule has 1 atom stereocenters. The number of carboxylic acids is 1. The summed E-state index contributed by atoms with van der Waals surface area (Å²) >= 11 is 0. The number of aliphatic hydroxyl groups is 2. The number of hydrogen-bond acceptors (Lipinski definition) is 14. The number of amides is 1. The van der Waals surface area contributed by atoms with E-state index >= 15 is 0 Å². The van der Waals surface area contributed by atoms with Crippen molar-refractivity contribution in [1.82, 2.24) is 35.4 Å². The van der Waals surface area contributed by atoms with Gasteiger partial charge in [-0.3, -0.25) is 4.79 Å². The number of aromatic nitrogens is 6. The van der Waals surface area contributed by atoms with Crippen molar-refractivity contribution < 1.29 is 34.2 Å². The summed E-state index contributed by atoms with van der Waals surface area (Å²) in [5.41, 5.74) is 4.33. The molecule has 3 heterocycles. The lowest BCUT2D eigenvalue weighted by atomic mass is 10.1. The van der Waals surface area contributed by atoms with Gasteiger partial charge < -0.3 is 40.5 Å². The van der Waals surface area contributed by atoms with Crippen LogP contribution in [0.3, 0.4) is 0 Å². The smallest absolute Gasteiger partial charge is 0.354 e. The van der Waals surface area contributed by atoms with Crippen LogP contribution < -0.4 is 20.7 Å². The first-order chi connectivity index (χ1) is 20.9. The molecule has 6 N–H and O–H groups in total. The SMILES string of the molecule is CNc1nc(C)cc(-c2nc(-c3cc(C)c(OCC(O)CNC(=O)CO)c(C)c3)no2)n1.CNc1nc(C)cc(C(=O)O)n1. The van der Waals surface area contributed by atoms with Crippen LogP contribution in [0, 0.1) is 27.7 Å². The second kappa shape index (κ2) is 15.3. The molecule has 0 radical (unpaired) electrons. The van der Waals surface area contributed by atoms with Crippen molar-refractivity contribution in [2.24, 2.45) is 0 Å². The predicted octanol–water partition coefficient (Wildman–Crippen LogP) is 1.53. The highest BCUT2D eigenvalue weighted by molar-refractivity contribution is 5.85. The Morgan fingerprint density at radius 2 is 1.52 bits per heavy atom. The molecular weight excluding hydrogens is 574 g/mol. The van der Waals surface area contributed by atoms with Crippen molar-refractivity contribution in [1.29, 1.82) is 0 Å². The Bertz CT molecular complexity index is 1590. The number of rotatable bonds is 11. The van der Waals surface area contributed by atoms with E-state index in [1.165, 1.54) is 6.07 Å². The normalized spacial score (nSPS) is 11.2. The van der Waals surface area contributed by atoms with Crippen molar-refractivity contribution in [2.45, 2.75) is 33.8 Å². The number of carboxylic acid groups (broad SMARTS) is 1. The van der Waals surface area contributed by atoms with Crippen LogP contribution in [0.5, 0.6) is 5.75 Å². The zero-order valence-corrected chi connectivity index (χ0v) is 25.2. The van der Waals surface area contributed by atoms with Gasteiger partial charge in [-0.25, -0.2) is 24.7 Å². The van der Waals surface area contributed by atoms with E-state index in [1.54, 1.807) is 27.1 Å². The molecule has 0 spiro atoms. The second-order valence-corrected chi connectivity index (χ2v) is 9.53. The third-order valence-corrected chi connectivity index (χ3v) is 5.84. The van der Waals surface area contributed by atoms with Crippen LogP contribution in [0.1, 0.15) is 33.0 Å². The summed E-state index contributed by atoms with van der Waals surface area (Å²) in [6.45, 7) is 6.66. The molecule has 0 saturated heterocycles. The molecule has 0 saturated carbocycles. The maximum atomic E-state index is 11.1. The number of hydrogen-bond donors (Lipinski definition) is 6. The molecule has 16 nitrogen and oxygen atoms in total. The van der Waals surface area contributed by atoms with Crippen LogP contribution in [0.4, 0.5) is 11.9 Å². The number of ether oxygens (including phenoxy) is 1. The number of carbonyl (C=O) groups excluding carboxylic acids is 1. The number of aromatic carboxylic acids is 1. The summed E-state index contributed by atoms with van der Waals surface area (Å²) in [5, 5.41) is 39.3. The molecule has 16 heteroatoms. The van der Waals surface area contributed by atoms with Crippen LogP contribution >= 0.6 is 0 Å². The summed E-state index contributed by atoms with van der Waals surface area (Å²) < 4.78 is 11.2. The van der Waals surface area contributed by atoms with E-state index in [1.807, 2.05) is 32.9 Å². The zero-order chi connectivity index (χ0) is 32.4. The molecule has 1 amide bonds. The van der Waals surface area contributed by atoms with E-state index in [2.05, 4.69) is 46.0 Å². The largest absolute Gasteiger partial charge is 0.490 e. The molecule has 0 aliphatic rings. The highest BCUT2D eigenvalue weighted by atomic mass is 16.5. The number of aliphatic hydroxyl groups excluding tert-OH is 2. The number of aryl methyl sites for hydroxylation is 4. The first-order valence-corrected chi connectivity index (χ1v) is 13.4. The van der Waals surface area contributed by atoms with Crippen LogP contribution in [-0.4, -0.2) is 97.2 Å². The number of nitrogens with zero attached hydrogens (tertiary/aromatic N) is 6. The molecule has 4 aromatic rings. The van der Waals surface area contributed by atoms with Crippen LogP contribution in [0.15, 0.2) is 28.8 Å². The minimum absolute atomic E-state index is 0.00634. The van der Waals surface area contributed by atoms with Crippen LogP contribution in [-0.2, 0) is 4.79 Å². The third-order valence-electron chi connectivity index (χ3n) is 5.84. The van der Waals surface area contributed by atoms with Gasteiger partial charge in [0.1, 0.15) is 30.8 Å². The fourth-order valence-electron chi connectivity index (χ4n) is 3.86. The molecule has 1 aromatic carbocycles. The molecule has 0 aliphatic carbocycles. The summed E-state index contributed by atoms with van der Waals surface area (Å²) in [5.74, 6) is 0.502. The van der Waals surface area contributed by atoms with E-state index in [0.717, 1.165) is 22.4 Å². The Hall–Kier alpha value is -5.22. The van der Waals surface area contributed by atoms with Gasteiger partial charge in [0.25, 0.3) is 5.89 Å². The van der Waals surface area contributed by atoms with Crippen molar-refractivity contribution in [3.63, 3.8) is 0 Å². The van der Waals surface area contributed by atoms with Gasteiger partial charge >= 0.3 is 5.97 Å². The fraction of sp³-hybridized carbons (Fsp3) is 0.357. The lowest BCUT2D eigenvalue weighted by molar-refractivity contribution is -0.124. The van der Waals surface area contributed by atoms with Crippen molar-refractivity contribution >= 4 is 23.8 Å². The van der Waals surface area contributed by atoms with Gasteiger partial charge in [-0.2, -0.15) is 4.98 Å². The van der Waals surface area contributed by atoms with Crippen molar-refractivity contribution in [3.05, 3.63) is 52.5 Å². The van der Waals surface area contributed by atoms with Gasteiger partial charge in [0.2, 0.25) is 23.6 Å². The lowest BCUT2D eigenvalue weighted by Crippen LogP contribution is -2.36. The molecule has 1 unspecified atom stereocenters. The standard InChI is InChI=1S/C21H26N6O5.C7H9N3O2/c1-11-5-14(6-12(2)18(11)31-10-15(29)8-23-17(30)9-28)19-26-20(32-27-19)16-7-13(3)24-21(22-4)25-16;1-4-3-5(6(11)12)10-7(8-2)9-4/h5-7,15,28-29H,8-10H2,1-4H3,(H,23,30)(H,22,24,25);3H,1-2H3,(H,11,12)(H,8,9,10). The summed E-state index contributed by atoms with van der Waals surface area (Å²) in [6.07, 6.45) is -0.914. The molecule has 44 heavy (non-hydrogen) atoms. The van der Waals surface area contributed by atoms with Gasteiger partial charge in [0, 0.05) is 37.6 Å². The minimum Gasteiger partial charge on any atom is -0.490 e. The Morgan fingerprint density at radius 1 is 0.909 bits per heavy atom. The van der Waals surface area contributed by atoms with E-state index in [9.17, 15) is 14.7 Å². The van der Waals surface area contributed by atoms with E-state index in [4.69, 9.17) is 19.5 Å². The molecule has 0 fully saturated rings. The number of nitrogens with one attached hydrogen (secondary N) is 3. The average molecular weight is 610 g/mol. The molecule has 3 aromatic heterocycles. The quantitative estimate of drug-likeness (QED) is 0.142. The molecule has 4 rings (SSSR count). The molecule has 234 valence electrons. The van der Waals surface area contributed by atoms with Gasteiger partial charge in [0.15, 0.2) is 5.69 Å². The number of anilines is 2. The van der Waals surface area contributed by atoms with Crippen LogP contribution in [0.25, 0.3) is 23.0 Å². The predicted molar refractivity (Wildman–Crippen MR) is 159 cm³/mol. The van der Waals surface area contributed by atoms with Gasteiger partial charge in [0.05, 0.1) is 0 Å². The Balaban J connectivity index is 0.000000369. The van der Waals surface area contributed by atoms with E-state index in [0.29, 0.717) is 34.9 Å². The molecular formula is C28H35N9O7. The Kier molecular flexibility index (Phi) is 11.6. The highest BCUT2D eigenvalue weighted by Crippen LogP contribution is 2.30. The van der Waals surface area contributed by atoms with Gasteiger partial charge in [-0.1, -0.05) is 5.16 Å². The monoisotopic (exact) mass is 609 g/mol. The molecule has 0 aliphatic heterocycles. The summed E-state index contributed by atoms with van der Waals surface area (Å²) in [7, 11) is 3.37. The van der Waals surface area contributed by atoms with Crippen molar-refractivity contribution in [3.8, 4) is 28.7 Å². The number of carbonyl (C=O) groups is 2. The minimum atomic E-state index is -1.04. The van der Waals surface area contributed by atoms with E-state index < -0.39 is 24.6 Å². The van der Waals surface area contributed by atoms with Gasteiger partial charge in [-0.15, -0.1) is 0 Å². The lowest BCUT2D eigenvalue weighted by Gasteiger charge is -2.16. The maximum absolute atomic E-state index is 11.1. The fourth-order valence-corrected chi connectivity index (χ4v) is 3.86. The average Bonchev–Trinajstić information content (AvgIpc) is 3.49. The van der Waals surface area contributed by atoms with Crippen LogP contribution in [0.2, 0.25) is 0 Å². The zero-order valence-electron chi connectivity index (χ0n) is 25.2. The van der Waals surface area contributed by atoms with E-state index in [-0.39, 0.29) is 24.7 Å². The Labute approximate surface area is 253 Å². The summed E-state index contributed by atoms with van der Waals surface area (Å²) in [6, 6.07) is 6.91.